The molecule has 6 heteroatoms. The molecule has 0 amide bonds. The van der Waals surface area contributed by atoms with Gasteiger partial charge in [0.25, 0.3) is 0 Å². The Morgan fingerprint density at radius 3 is 2.41 bits per heavy atom. The zero-order valence-corrected chi connectivity index (χ0v) is 16.7. The first-order valence-corrected chi connectivity index (χ1v) is 9.77. The van der Waals surface area contributed by atoms with Crippen molar-refractivity contribution in [3.8, 4) is 11.4 Å². The number of hydrogen-bond donors (Lipinski definition) is 1. The third-order valence-corrected chi connectivity index (χ3v) is 5.40. The lowest BCUT2D eigenvalue weighted by Crippen LogP contribution is -2.47. The summed E-state index contributed by atoms with van der Waals surface area (Å²) in [5, 5.41) is 3.36. The Labute approximate surface area is 165 Å². The maximum Gasteiger partial charge on any atom is 0.217 e. The fourth-order valence-electron chi connectivity index (χ4n) is 3.47. The van der Waals surface area contributed by atoms with Gasteiger partial charge in [0.1, 0.15) is 0 Å². The zero-order valence-electron chi connectivity index (χ0n) is 15.9. The van der Waals surface area contributed by atoms with E-state index in [-0.39, 0.29) is 0 Å². The van der Waals surface area contributed by atoms with Crippen molar-refractivity contribution in [2.45, 2.75) is 20.5 Å². The van der Waals surface area contributed by atoms with Crippen LogP contribution in [0.15, 0.2) is 48.5 Å². The van der Waals surface area contributed by atoms with Gasteiger partial charge in [-0.3, -0.25) is 10.00 Å². The Bertz CT molecular complexity index is 965. The van der Waals surface area contributed by atoms with Gasteiger partial charge in [0.2, 0.25) is 4.77 Å². The number of piperazine rings is 1. The highest BCUT2D eigenvalue weighted by molar-refractivity contribution is 7.71. The second kappa shape index (κ2) is 7.66. The SMILES string of the molecule is Cc1ccc(-c2nc(=S)n(CN3CCN(c4cccc(C)c4)CC3)[nH]2)cc1. The van der Waals surface area contributed by atoms with Crippen molar-refractivity contribution in [3.05, 3.63) is 64.4 Å². The first-order valence-electron chi connectivity index (χ1n) is 9.36. The Hall–Kier alpha value is -2.44. The highest BCUT2D eigenvalue weighted by atomic mass is 32.1. The number of anilines is 1. The summed E-state index contributed by atoms with van der Waals surface area (Å²) >= 11 is 5.46. The van der Waals surface area contributed by atoms with Crippen molar-refractivity contribution >= 4 is 17.9 Å². The van der Waals surface area contributed by atoms with Gasteiger partial charge in [0, 0.05) is 37.4 Å². The topological polar surface area (TPSA) is 40.1 Å². The minimum atomic E-state index is 0.603. The van der Waals surface area contributed by atoms with E-state index in [1.165, 1.54) is 16.8 Å². The summed E-state index contributed by atoms with van der Waals surface area (Å²) in [5.74, 6) is 0.832. The Morgan fingerprint density at radius 1 is 0.963 bits per heavy atom. The molecule has 0 aliphatic carbocycles. The van der Waals surface area contributed by atoms with Gasteiger partial charge in [0.15, 0.2) is 5.82 Å². The van der Waals surface area contributed by atoms with Crippen LogP contribution in [0.1, 0.15) is 11.1 Å². The van der Waals surface area contributed by atoms with E-state index in [1.807, 2.05) is 4.68 Å². The summed E-state index contributed by atoms with van der Waals surface area (Å²) < 4.78 is 2.57. The van der Waals surface area contributed by atoms with Crippen LogP contribution in [0, 0.1) is 18.6 Å². The second-order valence-electron chi connectivity index (χ2n) is 7.23. The fraction of sp³-hybridized carbons (Fsp3) is 0.333. The lowest BCUT2D eigenvalue weighted by atomic mass is 10.1. The molecule has 1 saturated heterocycles. The van der Waals surface area contributed by atoms with Crippen LogP contribution in [0.25, 0.3) is 11.4 Å². The molecule has 0 unspecified atom stereocenters. The monoisotopic (exact) mass is 379 g/mol. The third kappa shape index (κ3) is 4.12. The molecule has 1 aliphatic heterocycles. The Kier molecular flexibility index (Phi) is 5.09. The van der Waals surface area contributed by atoms with Gasteiger partial charge < -0.3 is 4.90 Å². The fourth-order valence-corrected chi connectivity index (χ4v) is 3.66. The van der Waals surface area contributed by atoms with Gasteiger partial charge in [-0.15, -0.1) is 0 Å². The van der Waals surface area contributed by atoms with E-state index >= 15 is 0 Å². The van der Waals surface area contributed by atoms with Crippen molar-refractivity contribution < 1.29 is 0 Å². The number of aromatic amines is 1. The summed E-state index contributed by atoms with van der Waals surface area (Å²) in [6.07, 6.45) is 0. The van der Waals surface area contributed by atoms with Crippen molar-refractivity contribution in [1.29, 1.82) is 0 Å². The van der Waals surface area contributed by atoms with Crippen molar-refractivity contribution in [1.82, 2.24) is 19.7 Å². The molecule has 1 fully saturated rings. The summed E-state index contributed by atoms with van der Waals surface area (Å²) in [4.78, 5) is 9.40. The molecule has 1 aliphatic rings. The van der Waals surface area contributed by atoms with E-state index in [4.69, 9.17) is 12.2 Å². The molecule has 1 N–H and O–H groups in total. The van der Waals surface area contributed by atoms with E-state index in [0.717, 1.165) is 44.2 Å². The van der Waals surface area contributed by atoms with Crippen LogP contribution in [0.5, 0.6) is 0 Å². The number of aryl methyl sites for hydroxylation is 2. The van der Waals surface area contributed by atoms with E-state index in [0.29, 0.717) is 4.77 Å². The third-order valence-electron chi connectivity index (χ3n) is 5.08. The molecule has 0 radical (unpaired) electrons. The maximum absolute atomic E-state index is 5.46. The van der Waals surface area contributed by atoms with Crippen molar-refractivity contribution in [2.24, 2.45) is 0 Å². The van der Waals surface area contributed by atoms with Crippen LogP contribution >= 0.6 is 12.2 Å². The highest BCUT2D eigenvalue weighted by Gasteiger charge is 2.18. The molecule has 2 heterocycles. The summed E-state index contributed by atoms with van der Waals surface area (Å²) in [5.41, 5.74) is 4.93. The predicted octanol–water partition coefficient (Wildman–Crippen LogP) is 4.00. The van der Waals surface area contributed by atoms with Crippen LogP contribution in [0.4, 0.5) is 5.69 Å². The molecule has 0 bridgehead atoms. The highest BCUT2D eigenvalue weighted by Crippen LogP contribution is 2.19. The van der Waals surface area contributed by atoms with Crippen LogP contribution in [0.3, 0.4) is 0 Å². The van der Waals surface area contributed by atoms with Crippen molar-refractivity contribution in [3.63, 3.8) is 0 Å². The lowest BCUT2D eigenvalue weighted by molar-refractivity contribution is 0.194. The summed E-state index contributed by atoms with van der Waals surface area (Å²) in [6, 6.07) is 17.1. The smallest absolute Gasteiger partial charge is 0.217 e. The Morgan fingerprint density at radius 2 is 1.70 bits per heavy atom. The number of hydrogen-bond acceptors (Lipinski definition) is 4. The standard InChI is InChI=1S/C21H25N5S/c1-16-6-8-18(9-7-16)20-22-21(27)26(23-20)15-24-10-12-25(13-11-24)19-5-3-4-17(2)14-19/h3-9,14H,10-13,15H2,1-2H3,(H,22,23,27). The van der Waals surface area contributed by atoms with Crippen LogP contribution in [0.2, 0.25) is 0 Å². The van der Waals surface area contributed by atoms with Crippen LogP contribution in [-0.2, 0) is 6.67 Å². The average molecular weight is 380 g/mol. The predicted molar refractivity (Wildman–Crippen MR) is 113 cm³/mol. The van der Waals surface area contributed by atoms with Gasteiger partial charge in [0.05, 0.1) is 6.67 Å². The number of benzene rings is 2. The molecular formula is C21H25N5S. The molecule has 27 heavy (non-hydrogen) atoms. The summed E-state index contributed by atoms with van der Waals surface area (Å²) in [7, 11) is 0. The largest absolute Gasteiger partial charge is 0.369 e. The second-order valence-corrected chi connectivity index (χ2v) is 7.60. The van der Waals surface area contributed by atoms with Gasteiger partial charge in [-0.25, -0.2) is 4.68 Å². The lowest BCUT2D eigenvalue weighted by Gasteiger charge is -2.36. The minimum absolute atomic E-state index is 0.603. The Balaban J connectivity index is 1.41. The summed E-state index contributed by atoms with van der Waals surface area (Å²) in [6.45, 7) is 9.04. The minimum Gasteiger partial charge on any atom is -0.369 e. The molecule has 0 spiro atoms. The molecule has 1 aromatic heterocycles. The van der Waals surface area contributed by atoms with E-state index in [1.54, 1.807) is 0 Å². The molecular weight excluding hydrogens is 354 g/mol. The number of nitrogens with one attached hydrogen (secondary N) is 1. The van der Waals surface area contributed by atoms with E-state index in [9.17, 15) is 0 Å². The van der Waals surface area contributed by atoms with Crippen molar-refractivity contribution in [2.75, 3.05) is 31.1 Å². The first-order chi connectivity index (χ1) is 13.1. The number of H-pyrrole nitrogens is 1. The normalized spacial score (nSPS) is 15.3. The van der Waals surface area contributed by atoms with Gasteiger partial charge in [-0.05, 0) is 43.8 Å². The van der Waals surface area contributed by atoms with Crippen LogP contribution < -0.4 is 4.90 Å². The van der Waals surface area contributed by atoms with Gasteiger partial charge >= 0.3 is 0 Å². The van der Waals surface area contributed by atoms with Gasteiger partial charge in [-0.2, -0.15) is 4.98 Å². The van der Waals surface area contributed by atoms with E-state index < -0.39 is 0 Å². The maximum atomic E-state index is 5.46. The quantitative estimate of drug-likeness (QED) is 0.696. The molecule has 2 aromatic carbocycles. The van der Waals surface area contributed by atoms with E-state index in [2.05, 4.69) is 82.3 Å². The van der Waals surface area contributed by atoms with Crippen LogP contribution in [-0.4, -0.2) is 45.8 Å². The number of nitrogens with zero attached hydrogens (tertiary/aromatic N) is 4. The molecule has 3 aromatic rings. The molecule has 0 atom stereocenters. The zero-order chi connectivity index (χ0) is 18.8. The molecule has 140 valence electrons. The number of rotatable bonds is 4. The average Bonchev–Trinajstić information content (AvgIpc) is 3.03. The number of aromatic nitrogens is 3. The molecule has 0 saturated carbocycles. The first kappa shape index (κ1) is 17.9. The van der Waals surface area contributed by atoms with Gasteiger partial charge in [-0.1, -0.05) is 42.0 Å². The molecule has 5 nitrogen and oxygen atoms in total. The molecule has 4 rings (SSSR count).